The van der Waals surface area contributed by atoms with Crippen molar-refractivity contribution in [1.29, 1.82) is 0 Å². The molecule has 0 spiro atoms. The normalized spacial score (nSPS) is 16.6. The highest BCUT2D eigenvalue weighted by Crippen LogP contribution is 2.27. The summed E-state index contributed by atoms with van der Waals surface area (Å²) in [5, 5.41) is 13.5. The van der Waals surface area contributed by atoms with Gasteiger partial charge >= 0.3 is 0 Å². The van der Waals surface area contributed by atoms with Crippen molar-refractivity contribution in [2.45, 2.75) is 39.2 Å². The number of aromatic nitrogens is 4. The van der Waals surface area contributed by atoms with Crippen molar-refractivity contribution in [1.82, 2.24) is 20.0 Å². The lowest BCUT2D eigenvalue weighted by Gasteiger charge is -2.09. The molecular formula is C20H23N5O2S. The minimum atomic E-state index is -0.293. The van der Waals surface area contributed by atoms with Crippen LogP contribution in [0.1, 0.15) is 54.0 Å². The van der Waals surface area contributed by atoms with Gasteiger partial charge in [-0.2, -0.15) is 0 Å². The van der Waals surface area contributed by atoms with Gasteiger partial charge < -0.3 is 4.74 Å². The van der Waals surface area contributed by atoms with Crippen LogP contribution in [-0.4, -0.2) is 39.1 Å². The molecule has 0 saturated carbocycles. The molecule has 3 heterocycles. The zero-order valence-electron chi connectivity index (χ0n) is 16.2. The van der Waals surface area contributed by atoms with Gasteiger partial charge in [0.25, 0.3) is 5.91 Å². The monoisotopic (exact) mass is 397 g/mol. The van der Waals surface area contributed by atoms with Crippen LogP contribution in [0.15, 0.2) is 29.6 Å². The van der Waals surface area contributed by atoms with Gasteiger partial charge in [-0.1, -0.05) is 43.3 Å². The predicted octanol–water partition coefficient (Wildman–Crippen LogP) is 4.05. The smallest absolute Gasteiger partial charge is 0.279 e. The second-order valence-corrected chi connectivity index (χ2v) is 8.11. The lowest BCUT2D eigenvalue weighted by Crippen LogP contribution is -2.16. The van der Waals surface area contributed by atoms with E-state index >= 15 is 0 Å². The average molecular weight is 398 g/mol. The van der Waals surface area contributed by atoms with E-state index < -0.39 is 0 Å². The maximum absolute atomic E-state index is 12.6. The highest BCUT2D eigenvalue weighted by atomic mass is 32.1. The van der Waals surface area contributed by atoms with Crippen LogP contribution in [0.4, 0.5) is 5.13 Å². The molecule has 1 aliphatic rings. The van der Waals surface area contributed by atoms with E-state index in [0.717, 1.165) is 23.4 Å². The van der Waals surface area contributed by atoms with E-state index in [1.165, 1.54) is 16.9 Å². The van der Waals surface area contributed by atoms with Crippen LogP contribution in [-0.2, 0) is 4.74 Å². The van der Waals surface area contributed by atoms with Crippen molar-refractivity contribution in [3.8, 4) is 11.3 Å². The van der Waals surface area contributed by atoms with Crippen molar-refractivity contribution in [2.24, 2.45) is 0 Å². The van der Waals surface area contributed by atoms with Crippen molar-refractivity contribution >= 4 is 22.4 Å². The molecule has 1 fully saturated rings. The first-order chi connectivity index (χ1) is 13.5. The Morgan fingerprint density at radius 3 is 2.79 bits per heavy atom. The molecule has 1 atom stereocenters. The van der Waals surface area contributed by atoms with Crippen molar-refractivity contribution in [3.05, 3.63) is 46.6 Å². The van der Waals surface area contributed by atoms with Gasteiger partial charge in [-0.3, -0.25) is 10.1 Å². The van der Waals surface area contributed by atoms with E-state index in [9.17, 15) is 4.79 Å². The van der Waals surface area contributed by atoms with E-state index in [1.54, 1.807) is 4.68 Å². The summed E-state index contributed by atoms with van der Waals surface area (Å²) >= 11 is 1.40. The summed E-state index contributed by atoms with van der Waals surface area (Å²) in [5.74, 6) is 0.200. The third-order valence-electron chi connectivity index (χ3n) is 4.99. The maximum Gasteiger partial charge on any atom is 0.279 e. The molecule has 3 aromatic rings. The third kappa shape index (κ3) is 3.70. The number of ether oxygens (including phenoxy) is 1. The van der Waals surface area contributed by atoms with Crippen LogP contribution in [0.3, 0.4) is 0 Å². The molecule has 1 amide bonds. The van der Waals surface area contributed by atoms with Crippen LogP contribution >= 0.6 is 11.3 Å². The molecule has 0 aliphatic carbocycles. The fraction of sp³-hybridized carbons (Fsp3) is 0.400. The van der Waals surface area contributed by atoms with Crippen molar-refractivity contribution < 1.29 is 9.53 Å². The first-order valence-corrected chi connectivity index (χ1v) is 10.3. The Bertz CT molecular complexity index is 971. The summed E-state index contributed by atoms with van der Waals surface area (Å²) in [4.78, 5) is 17.2. The SMILES string of the molecule is Cc1c(C(=O)Nc2nc(-c3ccc(C(C)C)cc3)cs2)nnn1C1CCOC1. The lowest BCUT2D eigenvalue weighted by atomic mass is 10.0. The summed E-state index contributed by atoms with van der Waals surface area (Å²) in [6.07, 6.45) is 0.886. The summed E-state index contributed by atoms with van der Waals surface area (Å²) < 4.78 is 7.18. The molecular weight excluding hydrogens is 374 g/mol. The number of anilines is 1. The minimum absolute atomic E-state index is 0.148. The largest absolute Gasteiger partial charge is 0.379 e. The topological polar surface area (TPSA) is 81.9 Å². The number of thiazole rings is 1. The molecule has 28 heavy (non-hydrogen) atoms. The van der Waals surface area contributed by atoms with Crippen LogP contribution < -0.4 is 5.32 Å². The Morgan fingerprint density at radius 2 is 2.11 bits per heavy atom. The fourth-order valence-corrected chi connectivity index (χ4v) is 3.99. The quantitative estimate of drug-likeness (QED) is 0.702. The number of rotatable bonds is 5. The van der Waals surface area contributed by atoms with E-state index in [1.807, 2.05) is 12.3 Å². The second-order valence-electron chi connectivity index (χ2n) is 7.25. The molecule has 7 nitrogen and oxygen atoms in total. The van der Waals surface area contributed by atoms with Crippen LogP contribution in [0.2, 0.25) is 0 Å². The molecule has 0 bridgehead atoms. The summed E-state index contributed by atoms with van der Waals surface area (Å²) in [6.45, 7) is 7.52. The van der Waals surface area contributed by atoms with Crippen molar-refractivity contribution in [3.63, 3.8) is 0 Å². The number of nitrogens with zero attached hydrogens (tertiary/aromatic N) is 4. The Balaban J connectivity index is 1.47. The standard InChI is InChI=1S/C20H23N5O2S/c1-12(2)14-4-6-15(7-5-14)17-11-28-20(21-17)22-19(26)18-13(3)25(24-23-18)16-8-9-27-10-16/h4-7,11-12,16H,8-10H2,1-3H3,(H,21,22,26). The molecule has 4 rings (SSSR count). The Morgan fingerprint density at radius 1 is 1.32 bits per heavy atom. The molecule has 146 valence electrons. The van der Waals surface area contributed by atoms with E-state index in [2.05, 4.69) is 58.7 Å². The van der Waals surface area contributed by atoms with E-state index in [-0.39, 0.29) is 11.9 Å². The van der Waals surface area contributed by atoms with Crippen LogP contribution in [0.25, 0.3) is 11.3 Å². The first kappa shape index (κ1) is 18.8. The van der Waals surface area contributed by atoms with Gasteiger partial charge in [0.05, 0.1) is 24.0 Å². The number of hydrogen-bond donors (Lipinski definition) is 1. The van der Waals surface area contributed by atoms with Crippen LogP contribution in [0, 0.1) is 6.92 Å². The Kier molecular flexibility index (Phi) is 5.23. The molecule has 8 heteroatoms. The van der Waals surface area contributed by atoms with Gasteiger partial charge in [-0.05, 0) is 24.8 Å². The fourth-order valence-electron chi connectivity index (χ4n) is 3.27. The number of hydrogen-bond acceptors (Lipinski definition) is 6. The highest BCUT2D eigenvalue weighted by Gasteiger charge is 2.25. The van der Waals surface area contributed by atoms with Gasteiger partial charge in [0.15, 0.2) is 10.8 Å². The highest BCUT2D eigenvalue weighted by molar-refractivity contribution is 7.14. The van der Waals surface area contributed by atoms with Gasteiger partial charge in [0.1, 0.15) is 0 Å². The summed E-state index contributed by atoms with van der Waals surface area (Å²) in [7, 11) is 0. The van der Waals surface area contributed by atoms with Gasteiger partial charge in [0.2, 0.25) is 0 Å². The van der Waals surface area contributed by atoms with Gasteiger partial charge in [0, 0.05) is 17.6 Å². The molecule has 1 aliphatic heterocycles. The van der Waals surface area contributed by atoms with Crippen molar-refractivity contribution in [2.75, 3.05) is 18.5 Å². The first-order valence-electron chi connectivity index (χ1n) is 9.39. The summed E-state index contributed by atoms with van der Waals surface area (Å²) in [6, 6.07) is 8.51. The Hall–Kier alpha value is -2.58. The molecule has 1 aromatic carbocycles. The number of benzene rings is 1. The van der Waals surface area contributed by atoms with Gasteiger partial charge in [-0.15, -0.1) is 16.4 Å². The van der Waals surface area contributed by atoms with Gasteiger partial charge in [-0.25, -0.2) is 9.67 Å². The van der Waals surface area contributed by atoms with E-state index in [4.69, 9.17) is 4.74 Å². The minimum Gasteiger partial charge on any atom is -0.379 e. The molecule has 2 aromatic heterocycles. The second kappa shape index (κ2) is 7.81. The zero-order chi connectivity index (χ0) is 19.7. The average Bonchev–Trinajstić information content (AvgIpc) is 3.42. The molecule has 1 saturated heterocycles. The predicted molar refractivity (Wildman–Crippen MR) is 109 cm³/mol. The molecule has 1 N–H and O–H groups in total. The molecule has 1 unspecified atom stereocenters. The summed E-state index contributed by atoms with van der Waals surface area (Å²) in [5.41, 5.74) is 4.24. The number of carbonyl (C=O) groups is 1. The van der Waals surface area contributed by atoms with E-state index in [0.29, 0.717) is 30.0 Å². The zero-order valence-corrected chi connectivity index (χ0v) is 17.0. The third-order valence-corrected chi connectivity index (χ3v) is 5.75. The van der Waals surface area contributed by atoms with Crippen LogP contribution in [0.5, 0.6) is 0 Å². The lowest BCUT2D eigenvalue weighted by molar-refractivity contribution is 0.102. The number of nitrogens with one attached hydrogen (secondary N) is 1. The number of carbonyl (C=O) groups excluding carboxylic acids is 1. The maximum atomic E-state index is 12.6. The molecule has 0 radical (unpaired) electrons. The Labute approximate surface area is 167 Å². The number of amides is 1.